The third-order valence-corrected chi connectivity index (χ3v) is 3.33. The first kappa shape index (κ1) is 9.45. The van der Waals surface area contributed by atoms with Gasteiger partial charge in [0.2, 0.25) is 0 Å². The van der Waals surface area contributed by atoms with Gasteiger partial charge in [-0.3, -0.25) is 0 Å². The first-order valence-electron chi connectivity index (χ1n) is 4.64. The van der Waals surface area contributed by atoms with Crippen LogP contribution in [0.15, 0.2) is 11.6 Å². The maximum absolute atomic E-state index is 11.2. The Morgan fingerprint density at radius 3 is 2.79 bits per heavy atom. The van der Waals surface area contributed by atoms with Crippen LogP contribution < -0.4 is 5.32 Å². The number of carboxylic acids is 1. The Kier molecular flexibility index (Phi) is 2.41. The van der Waals surface area contributed by atoms with E-state index in [1.54, 1.807) is 6.20 Å². The normalized spacial score (nSPS) is 19.4. The molecule has 0 amide bonds. The van der Waals surface area contributed by atoms with Gasteiger partial charge in [-0.25, -0.2) is 9.78 Å². The monoisotopic (exact) mass is 212 g/mol. The molecule has 0 bridgehead atoms. The molecular weight excluding hydrogens is 200 g/mol. The Morgan fingerprint density at radius 1 is 1.57 bits per heavy atom. The van der Waals surface area contributed by atoms with Gasteiger partial charge in [0, 0.05) is 11.6 Å². The molecular formula is C9H12N2O2S. The van der Waals surface area contributed by atoms with Crippen LogP contribution in [0.4, 0.5) is 5.13 Å². The van der Waals surface area contributed by atoms with Crippen molar-refractivity contribution in [2.75, 3.05) is 5.32 Å². The van der Waals surface area contributed by atoms with Crippen LogP contribution in [0.1, 0.15) is 25.7 Å². The summed E-state index contributed by atoms with van der Waals surface area (Å²) in [4.78, 5) is 15.2. The molecule has 0 aliphatic heterocycles. The van der Waals surface area contributed by atoms with Crippen LogP contribution in [0.2, 0.25) is 0 Å². The van der Waals surface area contributed by atoms with Crippen molar-refractivity contribution in [3.8, 4) is 0 Å². The Morgan fingerprint density at radius 2 is 2.29 bits per heavy atom. The van der Waals surface area contributed by atoms with Gasteiger partial charge in [-0.2, -0.15) is 0 Å². The highest BCUT2D eigenvalue weighted by Gasteiger charge is 2.41. The van der Waals surface area contributed by atoms with Crippen LogP contribution in [0.5, 0.6) is 0 Å². The number of rotatable bonds is 3. The molecule has 1 heterocycles. The molecule has 1 saturated carbocycles. The van der Waals surface area contributed by atoms with Crippen molar-refractivity contribution >= 4 is 22.4 Å². The summed E-state index contributed by atoms with van der Waals surface area (Å²) in [6.45, 7) is 0. The van der Waals surface area contributed by atoms with E-state index in [1.165, 1.54) is 11.3 Å². The van der Waals surface area contributed by atoms with E-state index in [-0.39, 0.29) is 0 Å². The lowest BCUT2D eigenvalue weighted by Gasteiger charge is -2.24. The van der Waals surface area contributed by atoms with Crippen LogP contribution in [0, 0.1) is 0 Å². The molecule has 0 unspecified atom stereocenters. The number of thiazole rings is 1. The van der Waals surface area contributed by atoms with Crippen LogP contribution in [-0.2, 0) is 4.79 Å². The van der Waals surface area contributed by atoms with Crippen molar-refractivity contribution < 1.29 is 9.90 Å². The topological polar surface area (TPSA) is 62.2 Å². The lowest BCUT2D eigenvalue weighted by Crippen LogP contribution is -2.43. The fourth-order valence-corrected chi connectivity index (χ4v) is 2.49. The van der Waals surface area contributed by atoms with Crippen molar-refractivity contribution in [2.45, 2.75) is 31.2 Å². The zero-order valence-electron chi connectivity index (χ0n) is 7.69. The van der Waals surface area contributed by atoms with Gasteiger partial charge < -0.3 is 10.4 Å². The van der Waals surface area contributed by atoms with E-state index >= 15 is 0 Å². The number of aliphatic carboxylic acids is 1. The summed E-state index contributed by atoms with van der Waals surface area (Å²) in [5, 5.41) is 14.8. The van der Waals surface area contributed by atoms with Gasteiger partial charge in [0.05, 0.1) is 0 Å². The van der Waals surface area contributed by atoms with E-state index in [9.17, 15) is 9.90 Å². The fraction of sp³-hybridized carbons (Fsp3) is 0.556. The maximum atomic E-state index is 11.2. The quantitative estimate of drug-likeness (QED) is 0.804. The number of aromatic nitrogens is 1. The number of nitrogens with zero attached hydrogens (tertiary/aromatic N) is 1. The molecule has 1 aliphatic rings. The second kappa shape index (κ2) is 3.57. The molecule has 1 fully saturated rings. The largest absolute Gasteiger partial charge is 0.480 e. The third kappa shape index (κ3) is 1.59. The van der Waals surface area contributed by atoms with Gasteiger partial charge in [-0.1, -0.05) is 12.8 Å². The highest BCUT2D eigenvalue weighted by atomic mass is 32.1. The lowest BCUT2D eigenvalue weighted by atomic mass is 9.98. The number of hydrogen-bond acceptors (Lipinski definition) is 4. The highest BCUT2D eigenvalue weighted by molar-refractivity contribution is 7.13. The predicted molar refractivity (Wildman–Crippen MR) is 54.6 cm³/mol. The summed E-state index contributed by atoms with van der Waals surface area (Å²) in [5.41, 5.74) is -0.766. The SMILES string of the molecule is O=C(O)C1(Nc2nccs2)CCCC1. The minimum atomic E-state index is -0.766. The summed E-state index contributed by atoms with van der Waals surface area (Å²) >= 11 is 1.44. The predicted octanol–water partition coefficient (Wildman–Crippen LogP) is 1.95. The van der Waals surface area contributed by atoms with E-state index in [0.29, 0.717) is 18.0 Å². The van der Waals surface area contributed by atoms with Gasteiger partial charge >= 0.3 is 5.97 Å². The van der Waals surface area contributed by atoms with Gasteiger partial charge in [0.25, 0.3) is 0 Å². The average molecular weight is 212 g/mol. The van der Waals surface area contributed by atoms with Crippen molar-refractivity contribution in [1.29, 1.82) is 0 Å². The van der Waals surface area contributed by atoms with Gasteiger partial charge in [-0.05, 0) is 12.8 Å². The van der Waals surface area contributed by atoms with Gasteiger partial charge in [-0.15, -0.1) is 11.3 Å². The summed E-state index contributed by atoms with van der Waals surface area (Å²) < 4.78 is 0. The molecule has 1 aromatic heterocycles. The van der Waals surface area contributed by atoms with Crippen molar-refractivity contribution in [3.63, 3.8) is 0 Å². The number of anilines is 1. The lowest BCUT2D eigenvalue weighted by molar-refractivity contribution is -0.142. The zero-order valence-corrected chi connectivity index (χ0v) is 8.51. The number of carbonyl (C=O) groups is 1. The van der Waals surface area contributed by atoms with E-state index in [4.69, 9.17) is 0 Å². The first-order valence-corrected chi connectivity index (χ1v) is 5.52. The molecule has 2 rings (SSSR count). The minimum absolute atomic E-state index is 0.696. The van der Waals surface area contributed by atoms with Crippen molar-refractivity contribution in [1.82, 2.24) is 4.98 Å². The number of hydrogen-bond donors (Lipinski definition) is 2. The molecule has 2 N–H and O–H groups in total. The molecule has 1 aliphatic carbocycles. The Bertz CT molecular complexity index is 318. The molecule has 76 valence electrons. The smallest absolute Gasteiger partial charge is 0.329 e. The first-order chi connectivity index (χ1) is 6.73. The third-order valence-electron chi connectivity index (χ3n) is 2.65. The van der Waals surface area contributed by atoms with E-state index in [2.05, 4.69) is 10.3 Å². The molecule has 0 spiro atoms. The molecule has 0 atom stereocenters. The summed E-state index contributed by atoms with van der Waals surface area (Å²) in [6.07, 6.45) is 5.02. The van der Waals surface area contributed by atoms with Gasteiger partial charge in [0.1, 0.15) is 5.54 Å². The zero-order chi connectivity index (χ0) is 10.0. The summed E-state index contributed by atoms with van der Waals surface area (Å²) in [7, 11) is 0. The average Bonchev–Trinajstić information content (AvgIpc) is 2.76. The van der Waals surface area contributed by atoms with Gasteiger partial charge in [0.15, 0.2) is 5.13 Å². The molecule has 0 aromatic carbocycles. The molecule has 4 nitrogen and oxygen atoms in total. The van der Waals surface area contributed by atoms with Crippen LogP contribution in [0.3, 0.4) is 0 Å². The second-order valence-electron chi connectivity index (χ2n) is 3.56. The molecule has 0 radical (unpaired) electrons. The number of carboxylic acid groups (broad SMARTS) is 1. The minimum Gasteiger partial charge on any atom is -0.480 e. The fourth-order valence-electron chi connectivity index (χ4n) is 1.86. The Labute approximate surface area is 86.0 Å². The number of nitrogens with one attached hydrogen (secondary N) is 1. The van der Waals surface area contributed by atoms with Crippen LogP contribution in [-0.4, -0.2) is 21.6 Å². The highest BCUT2D eigenvalue weighted by Crippen LogP contribution is 2.33. The standard InChI is InChI=1S/C9H12N2O2S/c12-7(13)9(3-1-2-4-9)11-8-10-5-6-14-8/h5-6H,1-4H2,(H,10,11)(H,12,13). The van der Waals surface area contributed by atoms with E-state index < -0.39 is 11.5 Å². The second-order valence-corrected chi connectivity index (χ2v) is 4.45. The summed E-state index contributed by atoms with van der Waals surface area (Å²) in [6, 6.07) is 0. The maximum Gasteiger partial charge on any atom is 0.329 e. The summed E-state index contributed by atoms with van der Waals surface area (Å²) in [5.74, 6) is -0.759. The van der Waals surface area contributed by atoms with Crippen molar-refractivity contribution in [2.24, 2.45) is 0 Å². The molecule has 14 heavy (non-hydrogen) atoms. The van der Waals surface area contributed by atoms with Crippen LogP contribution in [0.25, 0.3) is 0 Å². The Balaban J connectivity index is 2.16. The molecule has 1 aromatic rings. The van der Waals surface area contributed by atoms with Crippen LogP contribution >= 0.6 is 11.3 Å². The molecule has 5 heteroatoms. The molecule has 0 saturated heterocycles. The Hall–Kier alpha value is -1.10. The van der Waals surface area contributed by atoms with E-state index in [0.717, 1.165) is 12.8 Å². The van der Waals surface area contributed by atoms with Crippen molar-refractivity contribution in [3.05, 3.63) is 11.6 Å². The van der Waals surface area contributed by atoms with E-state index in [1.807, 2.05) is 5.38 Å².